The molecule has 3 heterocycles. The Kier molecular flexibility index (Phi) is 3.33. The number of hydrogen-bond donors (Lipinski definition) is 3. The van der Waals surface area contributed by atoms with Gasteiger partial charge in [-0.2, -0.15) is 5.26 Å². The Morgan fingerprint density at radius 3 is 2.86 bits per heavy atom. The first-order chi connectivity index (χ1) is 10.0. The molecule has 21 heavy (non-hydrogen) atoms. The first-order valence-corrected chi connectivity index (χ1v) is 8.13. The summed E-state index contributed by atoms with van der Waals surface area (Å²) >= 11 is 0. The molecule has 3 rings (SSSR count). The molecule has 110 valence electrons. The fourth-order valence-corrected chi connectivity index (χ4v) is 4.08. The third-order valence-corrected chi connectivity index (χ3v) is 5.34. The second-order valence-corrected chi connectivity index (χ2v) is 6.90. The van der Waals surface area contributed by atoms with Gasteiger partial charge in [0.25, 0.3) is 0 Å². The third kappa shape index (κ3) is 2.25. The van der Waals surface area contributed by atoms with Crippen LogP contribution in [0.1, 0.15) is 18.5 Å². The minimum atomic E-state index is -2.95. The van der Waals surface area contributed by atoms with Gasteiger partial charge in [-0.25, -0.2) is 4.98 Å². The summed E-state index contributed by atoms with van der Waals surface area (Å²) in [4.78, 5) is 8.18. The molecule has 1 saturated heterocycles. The number of hydrogen-bond acceptors (Lipinski definition) is 7. The number of rotatable bonds is 1. The molecule has 0 atom stereocenters. The first kappa shape index (κ1) is 13.9. The lowest BCUT2D eigenvalue weighted by Crippen LogP contribution is -2.35. The van der Waals surface area contributed by atoms with E-state index in [2.05, 4.69) is 9.97 Å². The van der Waals surface area contributed by atoms with Gasteiger partial charge in [0.2, 0.25) is 0 Å². The Hall–Kier alpha value is -2.08. The van der Waals surface area contributed by atoms with Gasteiger partial charge in [0.05, 0.1) is 5.75 Å². The van der Waals surface area contributed by atoms with Crippen LogP contribution in [0.15, 0.2) is 18.3 Å². The van der Waals surface area contributed by atoms with Gasteiger partial charge in [0.1, 0.15) is 11.6 Å². The van der Waals surface area contributed by atoms with Crippen molar-refractivity contribution in [3.63, 3.8) is 0 Å². The van der Waals surface area contributed by atoms with Gasteiger partial charge in [-0.3, -0.25) is 18.4 Å². The van der Waals surface area contributed by atoms with E-state index >= 15 is 0 Å². The zero-order chi connectivity index (χ0) is 15.0. The lowest BCUT2D eigenvalue weighted by atomic mass is 10.2. The van der Waals surface area contributed by atoms with Crippen LogP contribution in [-0.4, -0.2) is 36.5 Å². The highest BCUT2D eigenvalue weighted by molar-refractivity contribution is 8.25. The van der Waals surface area contributed by atoms with Gasteiger partial charge in [-0.15, -0.1) is 10.8 Å². The average Bonchev–Trinajstić information content (AvgIpc) is 2.48. The van der Waals surface area contributed by atoms with Crippen molar-refractivity contribution in [3.8, 4) is 11.8 Å². The largest absolute Gasteiger partial charge is 0.503 e. The van der Waals surface area contributed by atoms with Gasteiger partial charge < -0.3 is 5.11 Å². The van der Waals surface area contributed by atoms with Crippen molar-refractivity contribution in [1.82, 2.24) is 9.97 Å². The summed E-state index contributed by atoms with van der Waals surface area (Å²) in [5.41, 5.74) is 0.0665. The zero-order valence-corrected chi connectivity index (χ0v) is 11.9. The van der Waals surface area contributed by atoms with Crippen LogP contribution in [0, 0.1) is 11.3 Å². The van der Waals surface area contributed by atoms with E-state index in [1.165, 1.54) is 10.5 Å². The molecule has 0 radical (unpaired) electrons. The highest BCUT2D eigenvalue weighted by Gasteiger charge is 2.30. The SMILES string of the molecule is N#Cc1nc(N2CCCCS2(O)O)c2cccnc2c1O. The Morgan fingerprint density at radius 2 is 2.14 bits per heavy atom. The number of pyridine rings is 2. The topological polar surface area (TPSA) is 114 Å². The summed E-state index contributed by atoms with van der Waals surface area (Å²) in [6.07, 6.45) is 3.04. The number of fused-ring (bicyclic) bond motifs is 1. The quantitative estimate of drug-likeness (QED) is 0.741. The summed E-state index contributed by atoms with van der Waals surface area (Å²) in [5, 5.41) is 19.6. The van der Waals surface area contributed by atoms with Crippen LogP contribution in [0.2, 0.25) is 0 Å². The van der Waals surface area contributed by atoms with Crippen LogP contribution in [0.3, 0.4) is 0 Å². The second-order valence-electron chi connectivity index (χ2n) is 4.79. The zero-order valence-electron chi connectivity index (χ0n) is 11.1. The summed E-state index contributed by atoms with van der Waals surface area (Å²) < 4.78 is 21.9. The normalized spacial score (nSPS) is 19.2. The molecule has 0 spiro atoms. The number of anilines is 1. The highest BCUT2D eigenvalue weighted by Crippen LogP contribution is 2.51. The van der Waals surface area contributed by atoms with E-state index < -0.39 is 10.8 Å². The van der Waals surface area contributed by atoms with Crippen molar-refractivity contribution < 1.29 is 14.2 Å². The molecule has 1 aliphatic rings. The van der Waals surface area contributed by atoms with Crippen LogP contribution in [-0.2, 0) is 0 Å². The maximum absolute atomic E-state index is 10.2. The van der Waals surface area contributed by atoms with Gasteiger partial charge in [0, 0.05) is 18.1 Å². The monoisotopic (exact) mass is 306 g/mol. The summed E-state index contributed by atoms with van der Waals surface area (Å²) in [6, 6.07) is 5.18. The Labute approximate surface area is 123 Å². The van der Waals surface area contributed by atoms with E-state index in [-0.39, 0.29) is 28.5 Å². The van der Waals surface area contributed by atoms with Crippen LogP contribution < -0.4 is 4.31 Å². The van der Waals surface area contributed by atoms with E-state index in [0.717, 1.165) is 12.8 Å². The maximum Gasteiger partial charge on any atom is 0.186 e. The van der Waals surface area contributed by atoms with E-state index in [4.69, 9.17) is 5.26 Å². The van der Waals surface area contributed by atoms with Crippen LogP contribution in [0.25, 0.3) is 10.9 Å². The van der Waals surface area contributed by atoms with Crippen molar-refractivity contribution in [2.75, 3.05) is 16.6 Å². The molecule has 7 nitrogen and oxygen atoms in total. The lowest BCUT2D eigenvalue weighted by molar-refractivity contribution is 0.465. The molecular weight excluding hydrogens is 292 g/mol. The van der Waals surface area contributed by atoms with Crippen molar-refractivity contribution in [3.05, 3.63) is 24.0 Å². The van der Waals surface area contributed by atoms with Gasteiger partial charge in [0.15, 0.2) is 17.3 Å². The fraction of sp³-hybridized carbons (Fsp3) is 0.308. The van der Waals surface area contributed by atoms with Gasteiger partial charge in [-0.05, 0) is 25.0 Å². The Morgan fingerprint density at radius 1 is 1.33 bits per heavy atom. The number of nitrogens with zero attached hydrogens (tertiary/aromatic N) is 4. The molecular formula is C13H14N4O3S. The maximum atomic E-state index is 10.2. The van der Waals surface area contributed by atoms with Crippen LogP contribution in [0.4, 0.5) is 5.82 Å². The second kappa shape index (κ2) is 5.04. The van der Waals surface area contributed by atoms with E-state index in [0.29, 0.717) is 11.9 Å². The van der Waals surface area contributed by atoms with Crippen molar-refractivity contribution >= 4 is 27.5 Å². The molecule has 2 aromatic rings. The van der Waals surface area contributed by atoms with Crippen molar-refractivity contribution in [2.45, 2.75) is 12.8 Å². The molecule has 0 amide bonds. The van der Waals surface area contributed by atoms with E-state index in [9.17, 15) is 14.2 Å². The van der Waals surface area contributed by atoms with Crippen molar-refractivity contribution in [2.24, 2.45) is 0 Å². The molecule has 0 bridgehead atoms. The predicted molar refractivity (Wildman–Crippen MR) is 80.2 cm³/mol. The van der Waals surface area contributed by atoms with Gasteiger partial charge >= 0.3 is 0 Å². The predicted octanol–water partition coefficient (Wildman–Crippen LogP) is 2.47. The lowest BCUT2D eigenvalue weighted by Gasteiger charge is -2.46. The minimum absolute atomic E-state index is 0.169. The fourth-order valence-electron chi connectivity index (χ4n) is 2.43. The Bertz CT molecular complexity index is 744. The molecule has 1 aliphatic heterocycles. The van der Waals surface area contributed by atoms with Gasteiger partial charge in [-0.1, -0.05) is 0 Å². The Balaban J connectivity index is 2.27. The molecule has 2 aromatic heterocycles. The standard InChI is InChI=1S/C13H14N4O3S/c14-8-10-12(18)11-9(4-3-5-15-11)13(16-10)17-6-1-2-7-21(17,19)20/h3-5,18-20H,1-2,6-7H2. The molecule has 0 aromatic carbocycles. The van der Waals surface area contributed by atoms with E-state index in [1.54, 1.807) is 12.1 Å². The molecule has 0 unspecified atom stereocenters. The highest BCUT2D eigenvalue weighted by atomic mass is 32.3. The minimum Gasteiger partial charge on any atom is -0.503 e. The van der Waals surface area contributed by atoms with Crippen LogP contribution >= 0.6 is 10.8 Å². The summed E-state index contributed by atoms with van der Waals surface area (Å²) in [5.74, 6) is 0.275. The average molecular weight is 306 g/mol. The summed E-state index contributed by atoms with van der Waals surface area (Å²) in [6.45, 7) is 0.439. The van der Waals surface area contributed by atoms with E-state index in [1.807, 2.05) is 6.07 Å². The first-order valence-electron chi connectivity index (χ1n) is 6.46. The molecule has 0 saturated carbocycles. The summed E-state index contributed by atoms with van der Waals surface area (Å²) in [7, 11) is -2.95. The number of aromatic nitrogens is 2. The smallest absolute Gasteiger partial charge is 0.186 e. The number of nitriles is 1. The van der Waals surface area contributed by atoms with Crippen molar-refractivity contribution in [1.29, 1.82) is 5.26 Å². The molecule has 0 aliphatic carbocycles. The van der Waals surface area contributed by atoms with Crippen LogP contribution in [0.5, 0.6) is 5.75 Å². The molecule has 3 N–H and O–H groups in total. The third-order valence-electron chi connectivity index (χ3n) is 3.44. The molecule has 1 fully saturated rings. The number of aromatic hydroxyl groups is 1. The molecule has 8 heteroatoms.